The van der Waals surface area contributed by atoms with Crippen LogP contribution < -0.4 is 10.0 Å². The molecule has 1 aromatic rings. The Morgan fingerprint density at radius 3 is 2.29 bits per heavy atom. The third-order valence-corrected chi connectivity index (χ3v) is 4.74. The van der Waals surface area contributed by atoms with Crippen molar-refractivity contribution < 1.29 is 13.2 Å². The lowest BCUT2D eigenvalue weighted by Crippen LogP contribution is -2.48. The van der Waals surface area contributed by atoms with E-state index in [2.05, 4.69) is 10.0 Å². The van der Waals surface area contributed by atoms with Crippen LogP contribution in [0.1, 0.15) is 10.4 Å². The SMILES string of the molecule is CN(C)C(=O)c1ccc(NS(=O)(=O)N2CCNCC2)cc1. The zero-order chi connectivity index (χ0) is 15.5. The first-order valence-electron chi connectivity index (χ1n) is 6.70. The lowest BCUT2D eigenvalue weighted by Gasteiger charge is -2.26. The fourth-order valence-electron chi connectivity index (χ4n) is 2.04. The summed E-state index contributed by atoms with van der Waals surface area (Å²) in [4.78, 5) is 13.2. The number of hydrogen-bond donors (Lipinski definition) is 2. The molecule has 21 heavy (non-hydrogen) atoms. The second kappa shape index (κ2) is 6.42. The van der Waals surface area contributed by atoms with Crippen molar-refractivity contribution in [3.8, 4) is 0 Å². The van der Waals surface area contributed by atoms with Crippen molar-refractivity contribution in [3.05, 3.63) is 29.8 Å². The van der Waals surface area contributed by atoms with E-state index in [9.17, 15) is 13.2 Å². The molecule has 8 heteroatoms. The first kappa shape index (κ1) is 15.7. The molecule has 1 saturated heterocycles. The zero-order valence-corrected chi connectivity index (χ0v) is 13.0. The Morgan fingerprint density at radius 1 is 1.19 bits per heavy atom. The highest BCUT2D eigenvalue weighted by atomic mass is 32.2. The molecular weight excluding hydrogens is 292 g/mol. The number of nitrogens with one attached hydrogen (secondary N) is 2. The second-order valence-corrected chi connectivity index (χ2v) is 6.70. The second-order valence-electron chi connectivity index (χ2n) is 5.03. The number of piperazine rings is 1. The van der Waals surface area contributed by atoms with Gasteiger partial charge in [-0.2, -0.15) is 12.7 Å². The van der Waals surface area contributed by atoms with Gasteiger partial charge in [0.05, 0.1) is 0 Å². The van der Waals surface area contributed by atoms with Crippen LogP contribution in [0.3, 0.4) is 0 Å². The van der Waals surface area contributed by atoms with E-state index >= 15 is 0 Å². The summed E-state index contributed by atoms with van der Waals surface area (Å²) in [6, 6.07) is 6.41. The van der Waals surface area contributed by atoms with E-state index in [1.165, 1.54) is 9.21 Å². The molecule has 1 aliphatic rings. The Balaban J connectivity index is 2.07. The quantitative estimate of drug-likeness (QED) is 0.817. The van der Waals surface area contributed by atoms with E-state index in [1.807, 2.05) is 0 Å². The number of rotatable bonds is 4. The van der Waals surface area contributed by atoms with E-state index in [-0.39, 0.29) is 5.91 Å². The first-order valence-corrected chi connectivity index (χ1v) is 8.14. The van der Waals surface area contributed by atoms with Gasteiger partial charge in [-0.1, -0.05) is 0 Å². The average Bonchev–Trinajstić information content (AvgIpc) is 2.48. The molecule has 0 radical (unpaired) electrons. The number of benzene rings is 1. The van der Waals surface area contributed by atoms with Gasteiger partial charge in [-0.15, -0.1) is 0 Å². The summed E-state index contributed by atoms with van der Waals surface area (Å²) in [5.74, 6) is -0.119. The summed E-state index contributed by atoms with van der Waals surface area (Å²) >= 11 is 0. The summed E-state index contributed by atoms with van der Waals surface area (Å²) in [6.07, 6.45) is 0. The maximum absolute atomic E-state index is 12.2. The minimum atomic E-state index is -3.54. The van der Waals surface area contributed by atoms with Crippen LogP contribution >= 0.6 is 0 Å². The predicted octanol–water partition coefficient (Wildman–Crippen LogP) is -0.0497. The van der Waals surface area contributed by atoms with Crippen molar-refractivity contribution >= 4 is 21.8 Å². The largest absolute Gasteiger partial charge is 0.345 e. The van der Waals surface area contributed by atoms with Gasteiger partial charge in [0, 0.05) is 51.5 Å². The molecule has 1 heterocycles. The fourth-order valence-corrected chi connectivity index (χ4v) is 3.26. The summed E-state index contributed by atoms with van der Waals surface area (Å²) in [7, 11) is -0.198. The van der Waals surface area contributed by atoms with Crippen molar-refractivity contribution in [3.63, 3.8) is 0 Å². The van der Waals surface area contributed by atoms with Gasteiger partial charge in [0.15, 0.2) is 0 Å². The van der Waals surface area contributed by atoms with Crippen LogP contribution in [-0.4, -0.2) is 63.8 Å². The molecule has 1 aliphatic heterocycles. The van der Waals surface area contributed by atoms with Gasteiger partial charge in [-0.25, -0.2) is 0 Å². The molecule has 1 aromatic carbocycles. The molecule has 0 saturated carbocycles. The van der Waals surface area contributed by atoms with Crippen LogP contribution in [0.25, 0.3) is 0 Å². The standard InChI is InChI=1S/C13H20N4O3S/c1-16(2)13(18)11-3-5-12(6-4-11)15-21(19,20)17-9-7-14-8-10-17/h3-6,14-15H,7-10H2,1-2H3. The fraction of sp³-hybridized carbons (Fsp3) is 0.462. The van der Waals surface area contributed by atoms with Crippen LogP contribution in [-0.2, 0) is 10.2 Å². The smallest absolute Gasteiger partial charge is 0.301 e. The number of hydrogen-bond acceptors (Lipinski definition) is 4. The third-order valence-electron chi connectivity index (χ3n) is 3.20. The minimum absolute atomic E-state index is 0.119. The highest BCUT2D eigenvalue weighted by Gasteiger charge is 2.23. The lowest BCUT2D eigenvalue weighted by molar-refractivity contribution is 0.0827. The Morgan fingerprint density at radius 2 is 1.76 bits per heavy atom. The molecule has 0 bridgehead atoms. The minimum Gasteiger partial charge on any atom is -0.345 e. The van der Waals surface area contributed by atoms with Crippen molar-refractivity contribution in [2.45, 2.75) is 0 Å². The van der Waals surface area contributed by atoms with Crippen molar-refractivity contribution in [1.29, 1.82) is 0 Å². The number of nitrogens with zero attached hydrogens (tertiary/aromatic N) is 2. The van der Waals surface area contributed by atoms with Crippen molar-refractivity contribution in [1.82, 2.24) is 14.5 Å². The molecule has 0 atom stereocenters. The van der Waals surface area contributed by atoms with Crippen LogP contribution in [0, 0.1) is 0 Å². The van der Waals surface area contributed by atoms with Crippen LogP contribution in [0.5, 0.6) is 0 Å². The molecule has 0 aromatic heterocycles. The molecule has 2 rings (SSSR count). The van der Waals surface area contributed by atoms with Crippen LogP contribution in [0.15, 0.2) is 24.3 Å². The summed E-state index contributed by atoms with van der Waals surface area (Å²) in [5, 5.41) is 3.11. The highest BCUT2D eigenvalue weighted by Crippen LogP contribution is 2.14. The summed E-state index contributed by atoms with van der Waals surface area (Å²) in [6.45, 7) is 2.20. The molecule has 0 aliphatic carbocycles. The van der Waals surface area contributed by atoms with Gasteiger partial charge in [-0.3, -0.25) is 9.52 Å². The molecule has 116 valence electrons. The summed E-state index contributed by atoms with van der Waals surface area (Å²) < 4.78 is 28.3. The maximum atomic E-state index is 12.2. The molecule has 1 amide bonds. The van der Waals surface area contributed by atoms with E-state index in [0.717, 1.165) is 0 Å². The van der Waals surface area contributed by atoms with E-state index < -0.39 is 10.2 Å². The molecule has 2 N–H and O–H groups in total. The molecule has 0 unspecified atom stereocenters. The van der Waals surface area contributed by atoms with E-state index in [1.54, 1.807) is 38.4 Å². The van der Waals surface area contributed by atoms with Crippen LogP contribution in [0.2, 0.25) is 0 Å². The molecule has 1 fully saturated rings. The van der Waals surface area contributed by atoms with Gasteiger partial charge in [0.1, 0.15) is 0 Å². The van der Waals surface area contributed by atoms with Gasteiger partial charge < -0.3 is 10.2 Å². The number of amides is 1. The predicted molar refractivity (Wildman–Crippen MR) is 81.4 cm³/mol. The maximum Gasteiger partial charge on any atom is 0.301 e. The number of anilines is 1. The van der Waals surface area contributed by atoms with E-state index in [4.69, 9.17) is 0 Å². The normalized spacial score (nSPS) is 16.5. The van der Waals surface area contributed by atoms with Gasteiger partial charge in [-0.05, 0) is 24.3 Å². The Kier molecular flexibility index (Phi) is 4.81. The third kappa shape index (κ3) is 3.93. The van der Waals surface area contributed by atoms with Gasteiger partial charge in [0.25, 0.3) is 5.91 Å². The number of carbonyl (C=O) groups excluding carboxylic acids is 1. The summed E-state index contributed by atoms with van der Waals surface area (Å²) in [5.41, 5.74) is 0.967. The Bertz CT molecular complexity index is 592. The Hall–Kier alpha value is -1.64. The number of carbonyl (C=O) groups is 1. The van der Waals surface area contributed by atoms with Crippen molar-refractivity contribution in [2.24, 2.45) is 0 Å². The molecule has 7 nitrogen and oxygen atoms in total. The van der Waals surface area contributed by atoms with E-state index in [0.29, 0.717) is 37.4 Å². The Labute approximate surface area is 125 Å². The van der Waals surface area contributed by atoms with Gasteiger partial charge in [0.2, 0.25) is 0 Å². The average molecular weight is 312 g/mol. The topological polar surface area (TPSA) is 81.8 Å². The van der Waals surface area contributed by atoms with Crippen LogP contribution in [0.4, 0.5) is 5.69 Å². The molecule has 0 spiro atoms. The van der Waals surface area contributed by atoms with Gasteiger partial charge >= 0.3 is 10.2 Å². The first-order chi connectivity index (χ1) is 9.90. The zero-order valence-electron chi connectivity index (χ0n) is 12.2. The monoisotopic (exact) mass is 312 g/mol. The molecular formula is C13H20N4O3S. The lowest BCUT2D eigenvalue weighted by atomic mass is 10.2. The highest BCUT2D eigenvalue weighted by molar-refractivity contribution is 7.90. The van der Waals surface area contributed by atoms with Crippen molar-refractivity contribution in [2.75, 3.05) is 45.0 Å².